The molecule has 100 valence electrons. The van der Waals surface area contributed by atoms with E-state index in [-0.39, 0.29) is 18.1 Å². The fourth-order valence-corrected chi connectivity index (χ4v) is 2.45. The van der Waals surface area contributed by atoms with E-state index in [0.717, 1.165) is 25.9 Å². The molecule has 2 atom stereocenters. The lowest BCUT2D eigenvalue weighted by Crippen LogP contribution is -2.49. The first-order valence-corrected chi connectivity index (χ1v) is 6.75. The fourth-order valence-electron chi connectivity index (χ4n) is 2.45. The van der Waals surface area contributed by atoms with Crippen molar-refractivity contribution in [1.82, 2.24) is 10.2 Å². The standard InChI is InChI=1S/C13H26N2O2/c1-4-15(5-2)10-13(16)14-11-8-6-7-9-12(11)17-3/h11-12H,4-10H2,1-3H3,(H,14,16)/t11-,12-/m1/s1. The molecule has 0 bridgehead atoms. The van der Waals surface area contributed by atoms with Crippen molar-refractivity contribution in [3.8, 4) is 0 Å². The molecule has 0 aromatic rings. The molecule has 1 aliphatic rings. The zero-order chi connectivity index (χ0) is 12.7. The number of rotatable bonds is 6. The lowest BCUT2D eigenvalue weighted by molar-refractivity contribution is -0.124. The number of carbonyl (C=O) groups is 1. The molecule has 0 aromatic heterocycles. The van der Waals surface area contributed by atoms with Gasteiger partial charge < -0.3 is 10.1 Å². The Balaban J connectivity index is 2.38. The minimum absolute atomic E-state index is 0.127. The third-order valence-corrected chi connectivity index (χ3v) is 3.61. The second kappa shape index (κ2) is 7.67. The van der Waals surface area contributed by atoms with Crippen molar-refractivity contribution in [2.75, 3.05) is 26.7 Å². The van der Waals surface area contributed by atoms with Gasteiger partial charge in [0.25, 0.3) is 0 Å². The van der Waals surface area contributed by atoms with E-state index in [2.05, 4.69) is 24.1 Å². The molecule has 0 radical (unpaired) electrons. The largest absolute Gasteiger partial charge is 0.379 e. The Morgan fingerprint density at radius 1 is 1.29 bits per heavy atom. The van der Waals surface area contributed by atoms with Crippen LogP contribution in [0.3, 0.4) is 0 Å². The van der Waals surface area contributed by atoms with Gasteiger partial charge in [0.05, 0.1) is 18.7 Å². The van der Waals surface area contributed by atoms with Gasteiger partial charge >= 0.3 is 0 Å². The van der Waals surface area contributed by atoms with Crippen LogP contribution in [-0.2, 0) is 9.53 Å². The number of carbonyl (C=O) groups excluding carboxylic acids is 1. The van der Waals surface area contributed by atoms with Crippen LogP contribution in [0, 0.1) is 0 Å². The molecule has 1 fully saturated rings. The van der Waals surface area contributed by atoms with Gasteiger partial charge in [-0.1, -0.05) is 26.7 Å². The third-order valence-electron chi connectivity index (χ3n) is 3.61. The van der Waals surface area contributed by atoms with Crippen LogP contribution in [0.4, 0.5) is 0 Å². The Hall–Kier alpha value is -0.610. The van der Waals surface area contributed by atoms with Gasteiger partial charge in [0.1, 0.15) is 0 Å². The number of hydrogen-bond acceptors (Lipinski definition) is 3. The van der Waals surface area contributed by atoms with E-state index in [9.17, 15) is 4.79 Å². The molecule has 1 rings (SSSR count). The number of nitrogens with zero attached hydrogens (tertiary/aromatic N) is 1. The highest BCUT2D eigenvalue weighted by molar-refractivity contribution is 5.78. The maximum Gasteiger partial charge on any atom is 0.234 e. The van der Waals surface area contributed by atoms with E-state index < -0.39 is 0 Å². The predicted molar refractivity (Wildman–Crippen MR) is 69.0 cm³/mol. The van der Waals surface area contributed by atoms with Crippen LogP contribution in [0.1, 0.15) is 39.5 Å². The highest BCUT2D eigenvalue weighted by Crippen LogP contribution is 2.20. The van der Waals surface area contributed by atoms with Crippen LogP contribution in [0.15, 0.2) is 0 Å². The number of ether oxygens (including phenoxy) is 1. The summed E-state index contributed by atoms with van der Waals surface area (Å²) in [5.41, 5.74) is 0. The zero-order valence-electron chi connectivity index (χ0n) is 11.4. The molecule has 4 nitrogen and oxygen atoms in total. The van der Waals surface area contributed by atoms with Crippen LogP contribution in [0.25, 0.3) is 0 Å². The Labute approximate surface area is 105 Å². The Kier molecular flexibility index (Phi) is 6.52. The monoisotopic (exact) mass is 242 g/mol. The fraction of sp³-hybridized carbons (Fsp3) is 0.923. The summed E-state index contributed by atoms with van der Waals surface area (Å²) in [7, 11) is 1.74. The molecule has 1 N–H and O–H groups in total. The quantitative estimate of drug-likeness (QED) is 0.765. The van der Waals surface area contributed by atoms with Gasteiger partial charge in [0.15, 0.2) is 0 Å². The van der Waals surface area contributed by atoms with Crippen molar-refractivity contribution in [2.45, 2.75) is 51.7 Å². The molecule has 0 saturated heterocycles. The van der Waals surface area contributed by atoms with E-state index in [4.69, 9.17) is 4.74 Å². The van der Waals surface area contributed by atoms with Crippen molar-refractivity contribution in [3.63, 3.8) is 0 Å². The van der Waals surface area contributed by atoms with Gasteiger partial charge in [0, 0.05) is 7.11 Å². The summed E-state index contributed by atoms with van der Waals surface area (Å²) in [5, 5.41) is 3.11. The average Bonchev–Trinajstić information content (AvgIpc) is 2.36. The van der Waals surface area contributed by atoms with E-state index in [1.54, 1.807) is 7.11 Å². The molecule has 1 aliphatic carbocycles. The van der Waals surface area contributed by atoms with Crippen LogP contribution in [-0.4, -0.2) is 49.7 Å². The highest BCUT2D eigenvalue weighted by Gasteiger charge is 2.26. The van der Waals surface area contributed by atoms with Crippen LogP contribution >= 0.6 is 0 Å². The van der Waals surface area contributed by atoms with Crippen molar-refractivity contribution in [3.05, 3.63) is 0 Å². The molecule has 4 heteroatoms. The SMILES string of the molecule is CCN(CC)CC(=O)N[C@@H]1CCCC[C@H]1OC. The lowest BCUT2D eigenvalue weighted by Gasteiger charge is -2.31. The third kappa shape index (κ3) is 4.64. The van der Waals surface area contributed by atoms with E-state index in [1.807, 2.05) is 0 Å². The van der Waals surface area contributed by atoms with E-state index in [1.165, 1.54) is 12.8 Å². The van der Waals surface area contributed by atoms with Gasteiger partial charge in [-0.25, -0.2) is 0 Å². The molecule has 17 heavy (non-hydrogen) atoms. The van der Waals surface area contributed by atoms with Gasteiger partial charge in [-0.15, -0.1) is 0 Å². The highest BCUT2D eigenvalue weighted by atomic mass is 16.5. The Morgan fingerprint density at radius 2 is 1.94 bits per heavy atom. The minimum Gasteiger partial charge on any atom is -0.379 e. The van der Waals surface area contributed by atoms with Crippen molar-refractivity contribution >= 4 is 5.91 Å². The minimum atomic E-state index is 0.127. The summed E-state index contributed by atoms with van der Waals surface area (Å²) in [5.74, 6) is 0.127. The Bertz CT molecular complexity index is 229. The van der Waals surface area contributed by atoms with E-state index >= 15 is 0 Å². The number of hydrogen-bond donors (Lipinski definition) is 1. The van der Waals surface area contributed by atoms with Gasteiger partial charge in [-0.05, 0) is 25.9 Å². The molecule has 0 heterocycles. The summed E-state index contributed by atoms with van der Waals surface area (Å²) in [6, 6.07) is 0.205. The van der Waals surface area contributed by atoms with Crippen LogP contribution in [0.5, 0.6) is 0 Å². The smallest absolute Gasteiger partial charge is 0.234 e. The zero-order valence-corrected chi connectivity index (χ0v) is 11.4. The first kappa shape index (κ1) is 14.5. The van der Waals surface area contributed by atoms with Crippen molar-refractivity contribution in [2.24, 2.45) is 0 Å². The van der Waals surface area contributed by atoms with Crippen molar-refractivity contribution < 1.29 is 9.53 Å². The maximum absolute atomic E-state index is 11.9. The van der Waals surface area contributed by atoms with Gasteiger partial charge in [0.2, 0.25) is 5.91 Å². The predicted octanol–water partition coefficient (Wildman–Crippen LogP) is 1.40. The molecule has 0 aromatic carbocycles. The average molecular weight is 242 g/mol. The van der Waals surface area contributed by atoms with Crippen molar-refractivity contribution in [1.29, 1.82) is 0 Å². The summed E-state index contributed by atoms with van der Waals surface area (Å²) in [4.78, 5) is 14.0. The van der Waals surface area contributed by atoms with Crippen LogP contribution in [0.2, 0.25) is 0 Å². The summed E-state index contributed by atoms with van der Waals surface area (Å²) >= 11 is 0. The second-order valence-corrected chi connectivity index (χ2v) is 4.69. The molecular formula is C13H26N2O2. The molecule has 1 saturated carbocycles. The van der Waals surface area contributed by atoms with Gasteiger partial charge in [-0.3, -0.25) is 9.69 Å². The first-order chi connectivity index (χ1) is 8.21. The number of nitrogens with one attached hydrogen (secondary N) is 1. The lowest BCUT2D eigenvalue weighted by atomic mass is 9.92. The number of likely N-dealkylation sites (N-methyl/N-ethyl adjacent to an activating group) is 1. The first-order valence-electron chi connectivity index (χ1n) is 6.75. The molecule has 0 unspecified atom stereocenters. The van der Waals surface area contributed by atoms with E-state index in [0.29, 0.717) is 6.54 Å². The molecular weight excluding hydrogens is 216 g/mol. The number of amides is 1. The summed E-state index contributed by atoms with van der Waals surface area (Å²) in [6.07, 6.45) is 4.70. The molecule has 0 aliphatic heterocycles. The molecule has 1 amide bonds. The summed E-state index contributed by atoms with van der Waals surface area (Å²) < 4.78 is 5.43. The van der Waals surface area contributed by atoms with Gasteiger partial charge in [-0.2, -0.15) is 0 Å². The van der Waals surface area contributed by atoms with Crippen LogP contribution < -0.4 is 5.32 Å². The summed E-state index contributed by atoms with van der Waals surface area (Å²) in [6.45, 7) is 6.50. The topological polar surface area (TPSA) is 41.6 Å². The molecule has 0 spiro atoms. The Morgan fingerprint density at radius 3 is 2.53 bits per heavy atom. The normalized spacial score (nSPS) is 24.9. The number of methoxy groups -OCH3 is 1. The maximum atomic E-state index is 11.9. The second-order valence-electron chi connectivity index (χ2n) is 4.69.